The predicted molar refractivity (Wildman–Crippen MR) is 144 cm³/mol. The Balaban J connectivity index is 1.67. The van der Waals surface area contributed by atoms with Crippen molar-refractivity contribution in [3.05, 3.63) is 71.9 Å². The Morgan fingerprint density at radius 2 is 1.76 bits per heavy atom. The molecule has 0 spiro atoms. The smallest absolute Gasteiger partial charge is 0.413 e. The zero-order chi connectivity index (χ0) is 26.8. The molecule has 196 valence electrons. The Bertz CT molecular complexity index is 1180. The van der Waals surface area contributed by atoms with E-state index in [9.17, 15) is 14.7 Å². The summed E-state index contributed by atoms with van der Waals surface area (Å²) in [5, 5.41) is 12.9. The number of benzene rings is 2. The normalized spacial score (nSPS) is 10.7. The molecule has 10 nitrogen and oxygen atoms in total. The minimum atomic E-state index is -1.14. The summed E-state index contributed by atoms with van der Waals surface area (Å²) >= 11 is 0. The van der Waals surface area contributed by atoms with Gasteiger partial charge in [0.25, 0.3) is 5.91 Å². The lowest BCUT2D eigenvalue weighted by atomic mass is 10.2. The van der Waals surface area contributed by atoms with Gasteiger partial charge in [0.15, 0.2) is 0 Å². The SMILES string of the molecule is CCN(CC)CCN(C)C(=O)c1ccc(Nc2nccc(N(Cc3cccc(OC)c3)C(=O)O)n2)cc1. The standard InChI is InChI=1S/C27H34N6O4/c1-5-32(6-2)17-16-31(3)25(34)21-10-12-22(13-11-21)29-26-28-15-14-24(30-26)33(27(35)36)19-20-8-7-9-23(18-20)37-4/h7-15,18H,5-6,16-17,19H2,1-4H3,(H,35,36)(H,28,29,30). The number of likely N-dealkylation sites (N-methyl/N-ethyl adjacent to an activating group) is 2. The first-order chi connectivity index (χ1) is 17.8. The Hall–Kier alpha value is -4.18. The van der Waals surface area contributed by atoms with E-state index in [4.69, 9.17) is 4.74 Å². The average molecular weight is 507 g/mol. The number of rotatable bonds is 12. The van der Waals surface area contributed by atoms with Gasteiger partial charge in [-0.25, -0.2) is 9.78 Å². The van der Waals surface area contributed by atoms with E-state index in [2.05, 4.69) is 34.0 Å². The van der Waals surface area contributed by atoms with E-state index >= 15 is 0 Å². The highest BCUT2D eigenvalue weighted by Gasteiger charge is 2.18. The second kappa shape index (κ2) is 13.2. The maximum absolute atomic E-state index is 12.8. The van der Waals surface area contributed by atoms with Crippen LogP contribution in [-0.4, -0.2) is 77.2 Å². The molecule has 0 fully saturated rings. The molecule has 2 N–H and O–H groups in total. The van der Waals surface area contributed by atoms with Crippen LogP contribution in [0.3, 0.4) is 0 Å². The molecule has 0 aliphatic heterocycles. The molecule has 2 aromatic carbocycles. The summed E-state index contributed by atoms with van der Waals surface area (Å²) < 4.78 is 5.23. The van der Waals surface area contributed by atoms with Crippen LogP contribution in [0.4, 0.5) is 22.2 Å². The maximum atomic E-state index is 12.8. The summed E-state index contributed by atoms with van der Waals surface area (Å²) in [5.74, 6) is 1.07. The monoisotopic (exact) mass is 506 g/mol. The van der Waals surface area contributed by atoms with Crippen molar-refractivity contribution in [3.63, 3.8) is 0 Å². The quantitative estimate of drug-likeness (QED) is 0.374. The van der Waals surface area contributed by atoms with Crippen molar-refractivity contribution in [1.29, 1.82) is 0 Å². The van der Waals surface area contributed by atoms with Crippen molar-refractivity contribution in [2.75, 3.05) is 50.6 Å². The third-order valence-corrected chi connectivity index (χ3v) is 6.00. The first-order valence-corrected chi connectivity index (χ1v) is 12.2. The topological polar surface area (TPSA) is 111 Å². The van der Waals surface area contributed by atoms with Crippen LogP contribution in [0.1, 0.15) is 29.8 Å². The summed E-state index contributed by atoms with van der Waals surface area (Å²) in [6, 6.07) is 15.8. The molecule has 1 aromatic heterocycles. The van der Waals surface area contributed by atoms with Gasteiger partial charge in [-0.2, -0.15) is 4.98 Å². The van der Waals surface area contributed by atoms with Crippen molar-refractivity contribution < 1.29 is 19.4 Å². The molecule has 0 saturated heterocycles. The average Bonchev–Trinajstić information content (AvgIpc) is 2.92. The highest BCUT2D eigenvalue weighted by molar-refractivity contribution is 5.94. The van der Waals surface area contributed by atoms with Crippen LogP contribution in [0.5, 0.6) is 5.75 Å². The van der Waals surface area contributed by atoms with Crippen molar-refractivity contribution in [2.24, 2.45) is 0 Å². The fourth-order valence-electron chi connectivity index (χ4n) is 3.74. The van der Waals surface area contributed by atoms with Crippen molar-refractivity contribution >= 4 is 29.5 Å². The zero-order valence-corrected chi connectivity index (χ0v) is 21.7. The highest BCUT2D eigenvalue weighted by atomic mass is 16.5. The molecule has 0 aliphatic rings. The van der Waals surface area contributed by atoms with Gasteiger partial charge in [-0.15, -0.1) is 0 Å². The fourth-order valence-corrected chi connectivity index (χ4v) is 3.74. The Labute approximate surface area is 217 Å². The van der Waals surface area contributed by atoms with Gasteiger partial charge in [0, 0.05) is 37.6 Å². The van der Waals surface area contributed by atoms with Crippen molar-refractivity contribution in [3.8, 4) is 5.75 Å². The van der Waals surface area contributed by atoms with E-state index in [0.29, 0.717) is 23.5 Å². The summed E-state index contributed by atoms with van der Waals surface area (Å²) in [6.45, 7) is 7.69. The molecular weight excluding hydrogens is 472 g/mol. The van der Waals surface area contributed by atoms with Gasteiger partial charge in [0.2, 0.25) is 5.95 Å². The third kappa shape index (κ3) is 7.65. The van der Waals surface area contributed by atoms with Crippen LogP contribution in [0.25, 0.3) is 0 Å². The van der Waals surface area contributed by atoms with Crippen LogP contribution in [0.2, 0.25) is 0 Å². The number of ether oxygens (including phenoxy) is 1. The molecule has 0 unspecified atom stereocenters. The second-order valence-corrected chi connectivity index (χ2v) is 8.41. The molecule has 37 heavy (non-hydrogen) atoms. The highest BCUT2D eigenvalue weighted by Crippen LogP contribution is 2.21. The number of aromatic nitrogens is 2. The number of carbonyl (C=O) groups excluding carboxylic acids is 1. The number of hydrogen-bond acceptors (Lipinski definition) is 7. The molecule has 2 amide bonds. The number of nitrogens with one attached hydrogen (secondary N) is 1. The summed E-state index contributed by atoms with van der Waals surface area (Å²) in [6.07, 6.45) is 0.356. The second-order valence-electron chi connectivity index (χ2n) is 8.41. The molecule has 0 aliphatic carbocycles. The molecule has 0 atom stereocenters. The third-order valence-electron chi connectivity index (χ3n) is 6.00. The van der Waals surface area contributed by atoms with Gasteiger partial charge in [0.1, 0.15) is 11.6 Å². The number of amides is 2. The van der Waals surface area contributed by atoms with Gasteiger partial charge in [0.05, 0.1) is 13.7 Å². The molecular formula is C27H34N6O4. The minimum absolute atomic E-state index is 0.0494. The minimum Gasteiger partial charge on any atom is -0.497 e. The molecule has 1 heterocycles. The lowest BCUT2D eigenvalue weighted by Crippen LogP contribution is -2.36. The number of carboxylic acid groups (broad SMARTS) is 1. The van der Waals surface area contributed by atoms with Crippen molar-refractivity contribution in [2.45, 2.75) is 20.4 Å². The van der Waals surface area contributed by atoms with Crippen LogP contribution in [0, 0.1) is 0 Å². The molecule has 10 heteroatoms. The van der Waals surface area contributed by atoms with E-state index in [-0.39, 0.29) is 24.2 Å². The largest absolute Gasteiger partial charge is 0.497 e. The van der Waals surface area contributed by atoms with Gasteiger partial charge in [-0.1, -0.05) is 26.0 Å². The fraction of sp³-hybridized carbons (Fsp3) is 0.333. The van der Waals surface area contributed by atoms with E-state index < -0.39 is 6.09 Å². The number of nitrogens with zero attached hydrogens (tertiary/aromatic N) is 5. The molecule has 3 aromatic rings. The molecule has 0 radical (unpaired) electrons. The maximum Gasteiger partial charge on any atom is 0.413 e. The van der Waals surface area contributed by atoms with Gasteiger partial charge in [-0.05, 0) is 61.1 Å². The first kappa shape index (κ1) is 27.4. The van der Waals surface area contributed by atoms with E-state index in [1.54, 1.807) is 61.5 Å². The van der Waals surface area contributed by atoms with Crippen molar-refractivity contribution in [1.82, 2.24) is 19.8 Å². The van der Waals surface area contributed by atoms with Gasteiger partial charge in [-0.3, -0.25) is 9.69 Å². The Morgan fingerprint density at radius 3 is 2.41 bits per heavy atom. The molecule has 0 saturated carbocycles. The number of carbonyl (C=O) groups is 2. The van der Waals surface area contributed by atoms with E-state index in [0.717, 1.165) is 30.1 Å². The van der Waals surface area contributed by atoms with Gasteiger partial charge < -0.3 is 25.0 Å². The van der Waals surface area contributed by atoms with Crippen LogP contribution in [0.15, 0.2) is 60.8 Å². The summed E-state index contributed by atoms with van der Waals surface area (Å²) in [7, 11) is 3.36. The van der Waals surface area contributed by atoms with Crippen LogP contribution >= 0.6 is 0 Å². The first-order valence-electron chi connectivity index (χ1n) is 12.2. The van der Waals surface area contributed by atoms with Crippen LogP contribution < -0.4 is 15.0 Å². The number of anilines is 3. The molecule has 3 rings (SSSR count). The number of hydrogen-bond donors (Lipinski definition) is 2. The lowest BCUT2D eigenvalue weighted by Gasteiger charge is -2.23. The predicted octanol–water partition coefficient (Wildman–Crippen LogP) is 4.33. The Morgan fingerprint density at radius 1 is 1.03 bits per heavy atom. The van der Waals surface area contributed by atoms with Crippen LogP contribution in [-0.2, 0) is 6.54 Å². The zero-order valence-electron chi connectivity index (χ0n) is 21.7. The summed E-state index contributed by atoms with van der Waals surface area (Å²) in [4.78, 5) is 38.5. The Kier molecular flexibility index (Phi) is 9.79. The van der Waals surface area contributed by atoms with Gasteiger partial charge >= 0.3 is 6.09 Å². The number of methoxy groups -OCH3 is 1. The molecule has 0 bridgehead atoms. The lowest BCUT2D eigenvalue weighted by molar-refractivity contribution is 0.0779. The van der Waals surface area contributed by atoms with E-state index in [1.165, 1.54) is 12.3 Å². The van der Waals surface area contributed by atoms with E-state index in [1.807, 2.05) is 6.07 Å². The summed E-state index contributed by atoms with van der Waals surface area (Å²) in [5.41, 5.74) is 2.02.